The van der Waals surface area contributed by atoms with E-state index in [-0.39, 0.29) is 0 Å². The third-order valence-corrected chi connectivity index (χ3v) is 5.26. The molecule has 9 nitrogen and oxygen atoms in total. The number of aromatic nitrogens is 9. The largest absolute Gasteiger partial charge is 0.302 e. The Hall–Kier alpha value is -4.27. The molecule has 0 fully saturated rings. The number of H-pyrrole nitrogens is 1. The fraction of sp³-hybridized carbons (Fsp3) is 0.0952. The van der Waals surface area contributed by atoms with Gasteiger partial charge in [-0.15, -0.1) is 0 Å². The van der Waals surface area contributed by atoms with Crippen LogP contribution in [0.4, 0.5) is 0 Å². The van der Waals surface area contributed by atoms with Crippen molar-refractivity contribution >= 4 is 16.7 Å². The molecule has 0 aliphatic heterocycles. The number of aromatic amines is 1. The third kappa shape index (κ3) is 2.67. The minimum absolute atomic E-state index is 0.581. The first kappa shape index (κ1) is 16.7. The summed E-state index contributed by atoms with van der Waals surface area (Å²) in [6.45, 7) is 0.581. The highest BCUT2D eigenvalue weighted by Gasteiger charge is 2.11. The van der Waals surface area contributed by atoms with Crippen molar-refractivity contribution in [2.24, 2.45) is 7.05 Å². The average molecular weight is 395 g/mol. The van der Waals surface area contributed by atoms with Crippen molar-refractivity contribution in [1.29, 1.82) is 0 Å². The monoisotopic (exact) mass is 395 g/mol. The van der Waals surface area contributed by atoms with E-state index in [0.29, 0.717) is 6.54 Å². The van der Waals surface area contributed by atoms with Crippen molar-refractivity contribution in [1.82, 2.24) is 44.1 Å². The average Bonchev–Trinajstić information content (AvgIpc) is 3.56. The molecule has 1 N–H and O–H groups in total. The van der Waals surface area contributed by atoms with Crippen molar-refractivity contribution in [3.8, 4) is 22.3 Å². The normalized spacial score (nSPS) is 11.6. The third-order valence-electron chi connectivity index (χ3n) is 5.26. The number of hydrogen-bond acceptors (Lipinski definition) is 5. The number of pyridine rings is 2. The Morgan fingerprint density at radius 1 is 0.867 bits per heavy atom. The lowest BCUT2D eigenvalue weighted by Gasteiger charge is -2.06. The van der Waals surface area contributed by atoms with Gasteiger partial charge in [0, 0.05) is 54.1 Å². The predicted octanol–water partition coefficient (Wildman–Crippen LogP) is 2.92. The van der Waals surface area contributed by atoms with Gasteiger partial charge in [-0.1, -0.05) is 0 Å². The van der Waals surface area contributed by atoms with Crippen LogP contribution in [0.1, 0.15) is 5.69 Å². The van der Waals surface area contributed by atoms with Crippen molar-refractivity contribution in [2.75, 3.05) is 0 Å². The first-order valence-electron chi connectivity index (χ1n) is 9.50. The quantitative estimate of drug-likeness (QED) is 0.495. The van der Waals surface area contributed by atoms with Crippen LogP contribution in [0.25, 0.3) is 38.9 Å². The number of rotatable bonds is 4. The minimum atomic E-state index is 0.581. The Morgan fingerprint density at radius 3 is 2.67 bits per heavy atom. The maximum atomic E-state index is 4.57. The van der Waals surface area contributed by atoms with Crippen LogP contribution in [0.15, 0.2) is 67.8 Å². The zero-order valence-electron chi connectivity index (χ0n) is 16.1. The molecule has 6 aromatic rings. The molecule has 0 saturated carbocycles. The van der Waals surface area contributed by atoms with Crippen molar-refractivity contribution in [2.45, 2.75) is 6.54 Å². The van der Waals surface area contributed by atoms with Gasteiger partial charge in [-0.3, -0.25) is 19.4 Å². The second kappa shape index (κ2) is 6.38. The zero-order valence-corrected chi connectivity index (χ0v) is 16.1. The van der Waals surface area contributed by atoms with E-state index in [4.69, 9.17) is 0 Å². The lowest BCUT2D eigenvalue weighted by molar-refractivity contribution is 0.692. The Morgan fingerprint density at radius 2 is 1.83 bits per heavy atom. The van der Waals surface area contributed by atoms with Crippen LogP contribution in [-0.2, 0) is 13.6 Å². The highest BCUT2D eigenvalue weighted by Crippen LogP contribution is 2.24. The summed E-state index contributed by atoms with van der Waals surface area (Å²) in [4.78, 5) is 9.12. The lowest BCUT2D eigenvalue weighted by Crippen LogP contribution is -2.04. The van der Waals surface area contributed by atoms with Gasteiger partial charge in [0.25, 0.3) is 0 Å². The Kier molecular flexibility index (Phi) is 3.54. The molecule has 0 atom stereocenters. The first-order chi connectivity index (χ1) is 14.7. The molecular formula is C21H17N9. The van der Waals surface area contributed by atoms with Gasteiger partial charge in [-0.05, 0) is 18.2 Å². The summed E-state index contributed by atoms with van der Waals surface area (Å²) in [5.41, 5.74) is 7.90. The van der Waals surface area contributed by atoms with Crippen LogP contribution >= 0.6 is 0 Å². The number of hydrogen-bond donors (Lipinski definition) is 1. The highest BCUT2D eigenvalue weighted by atomic mass is 15.3. The van der Waals surface area contributed by atoms with Gasteiger partial charge in [-0.2, -0.15) is 15.3 Å². The molecule has 0 saturated heterocycles. The topological polar surface area (TPSA) is 94.5 Å². The lowest BCUT2D eigenvalue weighted by atomic mass is 10.1. The fourth-order valence-electron chi connectivity index (χ4n) is 3.69. The van der Waals surface area contributed by atoms with Crippen LogP contribution in [0.2, 0.25) is 0 Å². The summed E-state index contributed by atoms with van der Waals surface area (Å²) < 4.78 is 5.83. The van der Waals surface area contributed by atoms with Crippen LogP contribution in [-0.4, -0.2) is 44.1 Å². The molecule has 6 aromatic heterocycles. The standard InChI is InChI=1S/C21H17N9/c1-28-11-17(8-26-28)15-4-20-19(22-5-15)10-27-30(20)13-18-9-23-21-3-2-14(12-29(18)21)16-6-24-25-7-16/h2-12H,13H2,1H3,(H,24,25). The molecule has 146 valence electrons. The minimum Gasteiger partial charge on any atom is -0.302 e. The Bertz CT molecular complexity index is 1480. The van der Waals surface area contributed by atoms with E-state index in [1.807, 2.05) is 61.0 Å². The van der Waals surface area contributed by atoms with Gasteiger partial charge in [0.2, 0.25) is 0 Å². The van der Waals surface area contributed by atoms with E-state index in [1.54, 1.807) is 10.9 Å². The maximum absolute atomic E-state index is 4.57. The van der Waals surface area contributed by atoms with Gasteiger partial charge in [-0.25, -0.2) is 4.98 Å². The van der Waals surface area contributed by atoms with E-state index in [9.17, 15) is 0 Å². The van der Waals surface area contributed by atoms with E-state index >= 15 is 0 Å². The Labute approximate surface area is 170 Å². The summed E-state index contributed by atoms with van der Waals surface area (Å²) in [5, 5.41) is 15.7. The van der Waals surface area contributed by atoms with E-state index in [1.165, 1.54) is 0 Å². The molecule has 0 amide bonds. The zero-order chi connectivity index (χ0) is 20.1. The summed E-state index contributed by atoms with van der Waals surface area (Å²) in [7, 11) is 1.91. The number of imidazole rings is 1. The molecule has 30 heavy (non-hydrogen) atoms. The smallest absolute Gasteiger partial charge is 0.136 e. The molecule has 0 aliphatic carbocycles. The molecule has 0 unspecified atom stereocenters. The number of fused-ring (bicyclic) bond motifs is 2. The van der Waals surface area contributed by atoms with Gasteiger partial charge in [0.05, 0.1) is 42.5 Å². The molecule has 0 bridgehead atoms. The molecule has 0 spiro atoms. The number of aryl methyl sites for hydroxylation is 1. The Balaban J connectivity index is 1.41. The van der Waals surface area contributed by atoms with Crippen molar-refractivity contribution in [3.05, 3.63) is 73.5 Å². The second-order valence-electron chi connectivity index (χ2n) is 7.22. The highest BCUT2D eigenvalue weighted by molar-refractivity contribution is 5.80. The summed E-state index contributed by atoms with van der Waals surface area (Å²) in [6, 6.07) is 6.16. The summed E-state index contributed by atoms with van der Waals surface area (Å²) in [6.07, 6.45) is 15.1. The van der Waals surface area contributed by atoms with Crippen LogP contribution in [0.3, 0.4) is 0 Å². The fourth-order valence-corrected chi connectivity index (χ4v) is 3.69. The van der Waals surface area contributed by atoms with Gasteiger partial charge in [0.15, 0.2) is 0 Å². The van der Waals surface area contributed by atoms with Crippen molar-refractivity contribution in [3.63, 3.8) is 0 Å². The summed E-state index contributed by atoms with van der Waals surface area (Å²) >= 11 is 0. The SMILES string of the molecule is Cn1cc(-c2cnc3cnn(Cc4cnc5ccc(-c6cn[nH]c6)cn45)c3c2)cn1. The van der Waals surface area contributed by atoms with Crippen LogP contribution in [0, 0.1) is 0 Å². The van der Waals surface area contributed by atoms with Gasteiger partial charge < -0.3 is 4.40 Å². The molecule has 0 radical (unpaired) electrons. The molecule has 0 aliphatic rings. The number of nitrogens with one attached hydrogen (secondary N) is 1. The van der Waals surface area contributed by atoms with Crippen LogP contribution in [0.5, 0.6) is 0 Å². The predicted molar refractivity (Wildman–Crippen MR) is 112 cm³/mol. The van der Waals surface area contributed by atoms with E-state index in [0.717, 1.165) is 44.6 Å². The van der Waals surface area contributed by atoms with Crippen LogP contribution < -0.4 is 0 Å². The summed E-state index contributed by atoms with van der Waals surface area (Å²) in [5.74, 6) is 0. The van der Waals surface area contributed by atoms with Crippen molar-refractivity contribution < 1.29 is 0 Å². The molecule has 6 heterocycles. The number of nitrogens with zero attached hydrogens (tertiary/aromatic N) is 8. The molecule has 9 heteroatoms. The second-order valence-corrected chi connectivity index (χ2v) is 7.22. The van der Waals surface area contributed by atoms with E-state index in [2.05, 4.69) is 47.0 Å². The van der Waals surface area contributed by atoms with E-state index < -0.39 is 0 Å². The molecule has 0 aromatic carbocycles. The molecule has 6 rings (SSSR count). The first-order valence-corrected chi connectivity index (χ1v) is 9.50. The van der Waals surface area contributed by atoms with Gasteiger partial charge >= 0.3 is 0 Å². The van der Waals surface area contributed by atoms with Gasteiger partial charge in [0.1, 0.15) is 11.2 Å². The molecular weight excluding hydrogens is 378 g/mol. The maximum Gasteiger partial charge on any atom is 0.136 e.